The number of carbonyl (C=O) groups is 4. The van der Waals surface area contributed by atoms with E-state index in [-0.39, 0.29) is 43.4 Å². The van der Waals surface area contributed by atoms with Crippen molar-refractivity contribution in [3.63, 3.8) is 0 Å². The van der Waals surface area contributed by atoms with Crippen molar-refractivity contribution in [1.29, 1.82) is 0 Å². The van der Waals surface area contributed by atoms with E-state index < -0.39 is 71.0 Å². The molecule has 13 heteroatoms. The van der Waals surface area contributed by atoms with Gasteiger partial charge >= 0.3 is 5.97 Å². The van der Waals surface area contributed by atoms with Crippen molar-refractivity contribution in [3.05, 3.63) is 23.8 Å². The van der Waals surface area contributed by atoms with Gasteiger partial charge in [0.25, 0.3) is 0 Å². The molecule has 8 atom stereocenters. The van der Waals surface area contributed by atoms with E-state index in [0.717, 1.165) is 0 Å². The summed E-state index contributed by atoms with van der Waals surface area (Å²) in [5.41, 5.74) is -3.14. The van der Waals surface area contributed by atoms with Crippen LogP contribution in [0.25, 0.3) is 0 Å². The number of esters is 1. The minimum absolute atomic E-state index is 0.0447. The molecular weight excluding hydrogens is 543 g/mol. The highest BCUT2D eigenvalue weighted by Crippen LogP contribution is 2.68. The number of amides is 1. The molecule has 4 aliphatic rings. The van der Waals surface area contributed by atoms with E-state index in [0.29, 0.717) is 31.3 Å². The fourth-order valence-electron chi connectivity index (χ4n) is 7.91. The number of Topliss-reactive ketones (excluding diaryl/α,β-unsaturated/α-hetero) is 1. The van der Waals surface area contributed by atoms with Crippen LogP contribution in [0.15, 0.2) is 23.8 Å². The standard InChI is InChI=1S/C28H39FN2O10/c1-26-13-23(35)28(29)19(6-5-16-12-17(33)9-10-27(16,28)2)18(26)7-8-20(26)22(34)15-40-25(37)21(14-32)30-24(36)4-3-11-41-31(38)39/h9-10,12,18-21,23,32,35,38-39H,3-8,11,13-15H2,1-2H3,(H,30,36)/t18?,19-,20?,21?,23-,26-,27-,28?/m0/s1. The van der Waals surface area contributed by atoms with Crippen molar-refractivity contribution in [2.45, 2.75) is 76.6 Å². The van der Waals surface area contributed by atoms with Crippen molar-refractivity contribution in [3.8, 4) is 0 Å². The monoisotopic (exact) mass is 582 g/mol. The van der Waals surface area contributed by atoms with Crippen LogP contribution in [0, 0.1) is 28.6 Å². The Bertz CT molecular complexity index is 1130. The van der Waals surface area contributed by atoms with Crippen LogP contribution in [-0.2, 0) is 28.8 Å². The average Bonchev–Trinajstić information content (AvgIpc) is 3.25. The summed E-state index contributed by atoms with van der Waals surface area (Å²) < 4.78 is 22.3. The van der Waals surface area contributed by atoms with Crippen LogP contribution < -0.4 is 5.32 Å². The molecule has 0 aromatic heterocycles. The first-order valence-electron chi connectivity index (χ1n) is 14.0. The van der Waals surface area contributed by atoms with Gasteiger partial charge in [0, 0.05) is 23.7 Å². The van der Waals surface area contributed by atoms with E-state index in [9.17, 15) is 29.4 Å². The molecule has 0 aliphatic heterocycles. The summed E-state index contributed by atoms with van der Waals surface area (Å²) in [4.78, 5) is 54.2. The number of nitrogens with one attached hydrogen (secondary N) is 1. The first kappa shape index (κ1) is 31.4. The van der Waals surface area contributed by atoms with Crippen molar-refractivity contribution >= 4 is 23.4 Å². The molecule has 0 heterocycles. The van der Waals surface area contributed by atoms with Crippen molar-refractivity contribution in [2.24, 2.45) is 28.6 Å². The number of carbonyl (C=O) groups excluding carboxylic acids is 4. The number of hydrogen-bond acceptors (Lipinski definition) is 11. The molecule has 0 aromatic rings. The summed E-state index contributed by atoms with van der Waals surface area (Å²) in [5.74, 6) is -3.46. The smallest absolute Gasteiger partial charge is 0.331 e. The van der Waals surface area contributed by atoms with E-state index in [1.807, 2.05) is 6.92 Å². The van der Waals surface area contributed by atoms with Gasteiger partial charge in [-0.1, -0.05) is 18.6 Å². The Morgan fingerprint density at radius 1 is 1.20 bits per heavy atom. The van der Waals surface area contributed by atoms with Crippen molar-refractivity contribution in [1.82, 2.24) is 10.7 Å². The number of nitrogens with zero attached hydrogens (tertiary/aromatic N) is 1. The molecule has 3 saturated carbocycles. The second-order valence-corrected chi connectivity index (χ2v) is 12.0. The Balaban J connectivity index is 1.38. The molecule has 0 aromatic carbocycles. The Morgan fingerprint density at radius 2 is 1.93 bits per heavy atom. The van der Waals surface area contributed by atoms with E-state index in [4.69, 9.17) is 15.2 Å². The van der Waals surface area contributed by atoms with Gasteiger partial charge in [-0.15, -0.1) is 0 Å². The van der Waals surface area contributed by atoms with E-state index in [1.54, 1.807) is 13.0 Å². The number of rotatable bonds is 11. The predicted octanol–water partition coefficient (Wildman–Crippen LogP) is 1.36. The molecule has 4 unspecified atom stereocenters. The number of hydrogen-bond donors (Lipinski definition) is 5. The summed E-state index contributed by atoms with van der Waals surface area (Å²) in [6, 6.07) is -1.40. The van der Waals surface area contributed by atoms with Gasteiger partial charge in [-0.2, -0.15) is 0 Å². The maximum absolute atomic E-state index is 17.1. The minimum atomic E-state index is -1.99. The summed E-state index contributed by atoms with van der Waals surface area (Å²) in [7, 11) is 0. The summed E-state index contributed by atoms with van der Waals surface area (Å²) in [5, 5.41) is 39.6. The highest BCUT2D eigenvalue weighted by Gasteiger charge is 2.70. The van der Waals surface area contributed by atoms with Crippen LogP contribution >= 0.6 is 0 Å². The van der Waals surface area contributed by atoms with Gasteiger partial charge in [0.1, 0.15) is 6.61 Å². The largest absolute Gasteiger partial charge is 0.456 e. The number of aliphatic hydroxyl groups excluding tert-OH is 2. The average molecular weight is 583 g/mol. The van der Waals surface area contributed by atoms with E-state index in [2.05, 4.69) is 10.2 Å². The molecule has 41 heavy (non-hydrogen) atoms. The highest BCUT2D eigenvalue weighted by atomic mass is 19.1. The lowest BCUT2D eigenvalue weighted by Gasteiger charge is -2.62. The van der Waals surface area contributed by atoms with Gasteiger partial charge in [-0.25, -0.2) is 9.18 Å². The number of aliphatic hydroxyl groups is 2. The maximum atomic E-state index is 17.1. The van der Waals surface area contributed by atoms with Crippen molar-refractivity contribution < 1.29 is 53.8 Å². The van der Waals surface area contributed by atoms with Gasteiger partial charge in [-0.3, -0.25) is 29.6 Å². The maximum Gasteiger partial charge on any atom is 0.331 e. The third-order valence-electron chi connectivity index (χ3n) is 9.94. The predicted molar refractivity (Wildman–Crippen MR) is 137 cm³/mol. The first-order chi connectivity index (χ1) is 19.3. The van der Waals surface area contributed by atoms with Gasteiger partial charge in [0.15, 0.2) is 23.3 Å². The molecule has 4 rings (SSSR count). The second-order valence-electron chi connectivity index (χ2n) is 12.0. The minimum Gasteiger partial charge on any atom is -0.456 e. The molecule has 5 N–H and O–H groups in total. The normalized spacial score (nSPS) is 36.6. The van der Waals surface area contributed by atoms with Gasteiger partial charge in [0.05, 0.1) is 24.7 Å². The molecule has 228 valence electrons. The Labute approximate surface area is 237 Å². The number of alkyl halides is 1. The lowest BCUT2D eigenvalue weighted by Crippen LogP contribution is -2.66. The number of ketones is 2. The van der Waals surface area contributed by atoms with Crippen LogP contribution in [0.5, 0.6) is 0 Å². The van der Waals surface area contributed by atoms with E-state index in [1.165, 1.54) is 12.2 Å². The van der Waals surface area contributed by atoms with Crippen molar-refractivity contribution in [2.75, 3.05) is 19.8 Å². The molecular formula is C28H39FN2O10. The second kappa shape index (κ2) is 12.0. The lowest BCUT2D eigenvalue weighted by molar-refractivity contribution is -0.492. The Kier molecular flexibility index (Phi) is 9.17. The number of ether oxygens (including phenoxy) is 1. The topological polar surface area (TPSA) is 183 Å². The molecule has 0 spiro atoms. The highest BCUT2D eigenvalue weighted by molar-refractivity contribution is 6.01. The summed E-state index contributed by atoms with van der Waals surface area (Å²) >= 11 is 0. The lowest BCUT2D eigenvalue weighted by atomic mass is 9.45. The zero-order chi connectivity index (χ0) is 30.2. The van der Waals surface area contributed by atoms with Gasteiger partial charge < -0.3 is 20.3 Å². The van der Waals surface area contributed by atoms with E-state index >= 15 is 4.39 Å². The van der Waals surface area contributed by atoms with Crippen LogP contribution in [0.1, 0.15) is 58.8 Å². The fourth-order valence-corrected chi connectivity index (χ4v) is 7.91. The number of halogens is 1. The quantitative estimate of drug-likeness (QED) is 0.135. The fraction of sp³-hybridized carbons (Fsp3) is 0.714. The number of allylic oxidation sites excluding steroid dienone is 4. The Morgan fingerprint density at radius 3 is 2.61 bits per heavy atom. The number of fused-ring (bicyclic) bond motifs is 5. The van der Waals surface area contributed by atoms with Crippen LogP contribution in [0.2, 0.25) is 0 Å². The van der Waals surface area contributed by atoms with Gasteiger partial charge in [0.2, 0.25) is 5.91 Å². The van der Waals surface area contributed by atoms with Crippen LogP contribution in [0.3, 0.4) is 0 Å². The molecule has 0 saturated heterocycles. The molecule has 4 aliphatic carbocycles. The summed E-state index contributed by atoms with van der Waals surface area (Å²) in [6.07, 6.45) is 5.06. The molecule has 0 radical (unpaired) electrons. The zero-order valence-corrected chi connectivity index (χ0v) is 23.3. The molecule has 0 bridgehead atoms. The molecule has 12 nitrogen and oxygen atoms in total. The Hall–Kier alpha value is -2.55. The first-order valence-corrected chi connectivity index (χ1v) is 14.0. The van der Waals surface area contributed by atoms with Crippen LogP contribution in [0.4, 0.5) is 4.39 Å². The molecule has 3 fully saturated rings. The zero-order valence-electron chi connectivity index (χ0n) is 23.3. The SMILES string of the molecule is C[C@]12C[C@H](O)C3(F)[C@@H](CCC4=CC(=O)C=C[C@@]43C)C1CCC2C(=O)COC(=O)C(CO)NC(=O)CCCON(O)O. The van der Waals surface area contributed by atoms with Crippen LogP contribution in [-0.4, -0.2) is 87.1 Å². The third-order valence-corrected chi connectivity index (χ3v) is 9.94. The third kappa shape index (κ3) is 5.63. The van der Waals surface area contributed by atoms with Gasteiger partial charge in [-0.05, 0) is 68.9 Å². The summed E-state index contributed by atoms with van der Waals surface area (Å²) in [6.45, 7) is 2.08. The molecule has 1 amide bonds.